The zero-order valence-corrected chi connectivity index (χ0v) is 18.2. The predicted molar refractivity (Wildman–Crippen MR) is 117 cm³/mol. The Morgan fingerprint density at radius 1 is 0.967 bits per heavy atom. The first-order valence-corrected chi connectivity index (χ1v) is 10.9. The van der Waals surface area contributed by atoms with Crippen molar-refractivity contribution in [3.8, 4) is 17.2 Å². The number of ether oxygens (including phenoxy) is 4. The first-order chi connectivity index (χ1) is 14.6. The lowest BCUT2D eigenvalue weighted by Gasteiger charge is -2.13. The Kier molecular flexibility index (Phi) is 8.00. The van der Waals surface area contributed by atoms with Gasteiger partial charge >= 0.3 is 5.97 Å². The molecule has 5 heteroatoms. The number of hydrogen-bond donors (Lipinski definition) is 0. The van der Waals surface area contributed by atoms with Crippen LogP contribution in [0.25, 0.3) is 0 Å². The molecule has 3 rings (SSSR count). The van der Waals surface area contributed by atoms with Crippen LogP contribution in [0.3, 0.4) is 0 Å². The summed E-state index contributed by atoms with van der Waals surface area (Å²) in [6.45, 7) is 8.05. The maximum atomic E-state index is 11.8. The quantitative estimate of drug-likeness (QED) is 0.374. The fraction of sp³-hybridized carbons (Fsp3) is 0.480. The standard InChI is InChI=1S/C25H32O5/c1-4-27-24-15-18(3)7-12-23(24)30-14-6-13-29-21-10-11-22-19(16-21)8-9-20(22)17-25(26)28-5-2/h7,10-12,15-16,20H,4-6,8-9,13-14,17H2,1-3H3/t20-/m0/s1. The van der Waals surface area contributed by atoms with E-state index in [1.165, 1.54) is 11.1 Å². The van der Waals surface area contributed by atoms with Crippen LogP contribution in [-0.2, 0) is 16.0 Å². The summed E-state index contributed by atoms with van der Waals surface area (Å²) in [4.78, 5) is 11.8. The van der Waals surface area contributed by atoms with E-state index in [1.54, 1.807) is 0 Å². The van der Waals surface area contributed by atoms with Gasteiger partial charge in [-0.2, -0.15) is 0 Å². The van der Waals surface area contributed by atoms with E-state index in [0.717, 1.165) is 42.1 Å². The largest absolute Gasteiger partial charge is 0.493 e. The number of rotatable bonds is 11. The topological polar surface area (TPSA) is 54.0 Å². The monoisotopic (exact) mass is 412 g/mol. The summed E-state index contributed by atoms with van der Waals surface area (Å²) >= 11 is 0. The van der Waals surface area contributed by atoms with E-state index < -0.39 is 0 Å². The number of hydrogen-bond acceptors (Lipinski definition) is 5. The first-order valence-electron chi connectivity index (χ1n) is 10.9. The lowest BCUT2D eigenvalue weighted by atomic mass is 9.98. The van der Waals surface area contributed by atoms with Crippen LogP contribution in [0.2, 0.25) is 0 Å². The van der Waals surface area contributed by atoms with Gasteiger partial charge in [-0.15, -0.1) is 0 Å². The van der Waals surface area contributed by atoms with E-state index in [-0.39, 0.29) is 11.9 Å². The molecule has 2 aromatic rings. The second-order valence-corrected chi connectivity index (χ2v) is 7.54. The van der Waals surface area contributed by atoms with Gasteiger partial charge in [0.15, 0.2) is 11.5 Å². The summed E-state index contributed by atoms with van der Waals surface area (Å²) in [5, 5.41) is 0. The van der Waals surface area contributed by atoms with Gasteiger partial charge < -0.3 is 18.9 Å². The third-order valence-corrected chi connectivity index (χ3v) is 5.25. The molecule has 0 fully saturated rings. The summed E-state index contributed by atoms with van der Waals surface area (Å²) in [5.41, 5.74) is 3.68. The van der Waals surface area contributed by atoms with Crippen molar-refractivity contribution in [2.24, 2.45) is 0 Å². The maximum absolute atomic E-state index is 11.8. The summed E-state index contributed by atoms with van der Waals surface area (Å²) in [5.74, 6) is 2.57. The molecule has 2 aromatic carbocycles. The van der Waals surface area contributed by atoms with Crippen molar-refractivity contribution in [2.45, 2.75) is 52.4 Å². The Morgan fingerprint density at radius 2 is 1.80 bits per heavy atom. The van der Waals surface area contributed by atoms with E-state index in [9.17, 15) is 4.79 Å². The third-order valence-electron chi connectivity index (χ3n) is 5.25. The third kappa shape index (κ3) is 5.91. The van der Waals surface area contributed by atoms with Gasteiger partial charge in [-0.25, -0.2) is 0 Å². The lowest BCUT2D eigenvalue weighted by Crippen LogP contribution is -2.08. The number of carbonyl (C=O) groups is 1. The van der Waals surface area contributed by atoms with E-state index in [0.29, 0.717) is 32.8 Å². The van der Waals surface area contributed by atoms with Gasteiger partial charge in [0.2, 0.25) is 0 Å². The number of benzene rings is 2. The Balaban J connectivity index is 1.45. The molecule has 0 unspecified atom stereocenters. The molecule has 0 aliphatic heterocycles. The molecule has 0 N–H and O–H groups in total. The van der Waals surface area contributed by atoms with Crippen LogP contribution in [0, 0.1) is 6.92 Å². The van der Waals surface area contributed by atoms with Crippen molar-refractivity contribution in [3.05, 3.63) is 53.1 Å². The Morgan fingerprint density at radius 3 is 2.60 bits per heavy atom. The highest BCUT2D eigenvalue weighted by atomic mass is 16.5. The van der Waals surface area contributed by atoms with Crippen molar-refractivity contribution < 1.29 is 23.7 Å². The molecule has 5 nitrogen and oxygen atoms in total. The molecule has 30 heavy (non-hydrogen) atoms. The number of carbonyl (C=O) groups excluding carboxylic acids is 1. The van der Waals surface area contributed by atoms with Crippen LogP contribution in [0.15, 0.2) is 36.4 Å². The van der Waals surface area contributed by atoms with Crippen molar-refractivity contribution in [2.75, 3.05) is 26.4 Å². The molecular formula is C25H32O5. The van der Waals surface area contributed by atoms with Crippen LogP contribution < -0.4 is 14.2 Å². The molecule has 0 amide bonds. The van der Waals surface area contributed by atoms with E-state index >= 15 is 0 Å². The van der Waals surface area contributed by atoms with Crippen LogP contribution in [0.1, 0.15) is 55.7 Å². The molecule has 0 heterocycles. The zero-order chi connectivity index (χ0) is 21.3. The highest BCUT2D eigenvalue weighted by Crippen LogP contribution is 2.37. The maximum Gasteiger partial charge on any atom is 0.306 e. The van der Waals surface area contributed by atoms with Crippen molar-refractivity contribution in [1.29, 1.82) is 0 Å². The SMILES string of the molecule is CCOC(=O)C[C@@H]1CCc2cc(OCCCOc3ccc(C)cc3OCC)ccc21. The summed E-state index contributed by atoms with van der Waals surface area (Å²) in [6.07, 6.45) is 3.21. The minimum absolute atomic E-state index is 0.114. The molecule has 1 aliphatic rings. The van der Waals surface area contributed by atoms with Gasteiger partial charge in [0.25, 0.3) is 0 Å². The number of aryl methyl sites for hydroxylation is 2. The fourth-order valence-electron chi connectivity index (χ4n) is 3.84. The molecule has 1 atom stereocenters. The lowest BCUT2D eigenvalue weighted by molar-refractivity contribution is -0.143. The molecule has 162 valence electrons. The second-order valence-electron chi connectivity index (χ2n) is 7.54. The van der Waals surface area contributed by atoms with Gasteiger partial charge in [-0.1, -0.05) is 12.1 Å². The average Bonchev–Trinajstić information content (AvgIpc) is 3.11. The molecule has 0 spiro atoms. The van der Waals surface area contributed by atoms with Crippen molar-refractivity contribution >= 4 is 5.97 Å². The highest BCUT2D eigenvalue weighted by molar-refractivity contribution is 5.71. The summed E-state index contributed by atoms with van der Waals surface area (Å²) in [6, 6.07) is 12.2. The van der Waals surface area contributed by atoms with Crippen LogP contribution >= 0.6 is 0 Å². The molecule has 1 aliphatic carbocycles. The van der Waals surface area contributed by atoms with Crippen molar-refractivity contribution in [3.63, 3.8) is 0 Å². The average molecular weight is 413 g/mol. The van der Waals surface area contributed by atoms with Gasteiger partial charge in [0, 0.05) is 6.42 Å². The highest BCUT2D eigenvalue weighted by Gasteiger charge is 2.25. The Hall–Kier alpha value is -2.69. The smallest absolute Gasteiger partial charge is 0.306 e. The zero-order valence-electron chi connectivity index (χ0n) is 18.2. The van der Waals surface area contributed by atoms with Gasteiger partial charge in [-0.3, -0.25) is 4.79 Å². The minimum Gasteiger partial charge on any atom is -0.493 e. The van der Waals surface area contributed by atoms with Crippen molar-refractivity contribution in [1.82, 2.24) is 0 Å². The van der Waals surface area contributed by atoms with Crippen LogP contribution in [0.5, 0.6) is 17.2 Å². The number of fused-ring (bicyclic) bond motifs is 1. The minimum atomic E-state index is -0.114. The van der Waals surface area contributed by atoms with E-state index in [2.05, 4.69) is 12.1 Å². The summed E-state index contributed by atoms with van der Waals surface area (Å²) < 4.78 is 22.5. The first kappa shape index (κ1) is 22.0. The van der Waals surface area contributed by atoms with Gasteiger partial charge in [0.1, 0.15) is 5.75 Å². The molecule has 0 radical (unpaired) electrons. The van der Waals surface area contributed by atoms with Crippen LogP contribution in [-0.4, -0.2) is 32.4 Å². The Labute approximate surface area is 179 Å². The summed E-state index contributed by atoms with van der Waals surface area (Å²) in [7, 11) is 0. The molecular weight excluding hydrogens is 380 g/mol. The molecule has 0 saturated carbocycles. The second kappa shape index (κ2) is 10.9. The van der Waals surface area contributed by atoms with Crippen LogP contribution in [0.4, 0.5) is 0 Å². The predicted octanol–water partition coefficient (Wildman–Crippen LogP) is 5.22. The fourth-order valence-corrected chi connectivity index (χ4v) is 3.84. The van der Waals surface area contributed by atoms with E-state index in [1.807, 2.05) is 45.0 Å². The normalized spacial score (nSPS) is 14.8. The molecule has 0 bridgehead atoms. The Bertz CT molecular complexity index is 845. The van der Waals surface area contributed by atoms with E-state index in [4.69, 9.17) is 18.9 Å². The molecule has 0 aromatic heterocycles. The molecule has 0 saturated heterocycles. The van der Waals surface area contributed by atoms with Gasteiger partial charge in [0.05, 0.1) is 32.8 Å². The number of esters is 1. The van der Waals surface area contributed by atoms with Gasteiger partial charge in [-0.05, 0) is 80.5 Å².